The molecule has 1 aromatic heterocycles. The van der Waals surface area contributed by atoms with Crippen LogP contribution in [-0.2, 0) is 0 Å². The van der Waals surface area contributed by atoms with E-state index in [4.69, 9.17) is 0 Å². The Kier molecular flexibility index (Phi) is 3.62. The van der Waals surface area contributed by atoms with Gasteiger partial charge >= 0.3 is 0 Å². The summed E-state index contributed by atoms with van der Waals surface area (Å²) in [6, 6.07) is 26.7. The van der Waals surface area contributed by atoms with Crippen LogP contribution < -0.4 is 0 Å². The van der Waals surface area contributed by atoms with Crippen LogP contribution >= 0.6 is 11.3 Å². The van der Waals surface area contributed by atoms with Gasteiger partial charge in [0.05, 0.1) is 11.1 Å². The number of carbonyl (C=O) groups is 2. The summed E-state index contributed by atoms with van der Waals surface area (Å²) in [6.45, 7) is 0. The minimum absolute atomic E-state index is 0.0718. The second kappa shape index (κ2) is 6.15. The Labute approximate surface area is 160 Å². The Morgan fingerprint density at radius 2 is 0.852 bits per heavy atom. The molecule has 1 heterocycles. The predicted octanol–water partition coefficient (Wildman–Crippen LogP) is 5.86. The zero-order valence-corrected chi connectivity index (χ0v) is 15.1. The van der Waals surface area contributed by atoms with Gasteiger partial charge in [0.2, 0.25) is 0 Å². The summed E-state index contributed by atoms with van der Waals surface area (Å²) in [5.74, 6) is -0.144. The van der Waals surface area contributed by atoms with Gasteiger partial charge < -0.3 is 0 Å². The summed E-state index contributed by atoms with van der Waals surface area (Å²) >= 11 is 1.52. The normalized spacial score (nSPS) is 12.6. The zero-order valence-electron chi connectivity index (χ0n) is 14.3. The molecule has 0 radical (unpaired) electrons. The fraction of sp³-hybridized carbons (Fsp3) is 0. The van der Waals surface area contributed by atoms with Gasteiger partial charge in [-0.3, -0.25) is 9.59 Å². The van der Waals surface area contributed by atoms with Crippen molar-refractivity contribution >= 4 is 22.9 Å². The number of hydrogen-bond donors (Lipinski definition) is 0. The highest BCUT2D eigenvalue weighted by Gasteiger charge is 2.36. The van der Waals surface area contributed by atoms with Gasteiger partial charge in [-0.2, -0.15) is 0 Å². The van der Waals surface area contributed by atoms with Crippen molar-refractivity contribution in [3.05, 3.63) is 107 Å². The van der Waals surface area contributed by atoms with Crippen LogP contribution in [0.15, 0.2) is 84.9 Å². The Bertz CT molecular complexity index is 1090. The molecule has 128 valence electrons. The Morgan fingerprint density at radius 1 is 0.481 bits per heavy atom. The van der Waals surface area contributed by atoms with E-state index in [0.29, 0.717) is 22.3 Å². The van der Waals surface area contributed by atoms with Crippen molar-refractivity contribution < 1.29 is 9.59 Å². The van der Waals surface area contributed by atoms with Crippen molar-refractivity contribution in [3.63, 3.8) is 0 Å². The molecule has 0 bridgehead atoms. The molecule has 1 aliphatic carbocycles. The fourth-order valence-corrected chi connectivity index (χ4v) is 4.90. The molecule has 27 heavy (non-hydrogen) atoms. The van der Waals surface area contributed by atoms with Gasteiger partial charge in [0.15, 0.2) is 11.6 Å². The van der Waals surface area contributed by atoms with Gasteiger partial charge in [0.1, 0.15) is 0 Å². The van der Waals surface area contributed by atoms with E-state index in [2.05, 4.69) is 0 Å². The molecule has 4 aromatic rings. The lowest BCUT2D eigenvalue weighted by molar-refractivity contribution is 0.0981. The number of fused-ring (bicyclic) bond motifs is 2. The molecule has 0 unspecified atom stereocenters. The highest BCUT2D eigenvalue weighted by Crippen LogP contribution is 2.46. The Balaban J connectivity index is 1.85. The van der Waals surface area contributed by atoms with Crippen LogP contribution in [0.5, 0.6) is 0 Å². The molecule has 5 rings (SSSR count). The predicted molar refractivity (Wildman–Crippen MR) is 108 cm³/mol. The molecule has 1 aliphatic rings. The summed E-state index contributed by atoms with van der Waals surface area (Å²) in [7, 11) is 0. The number of thiophene rings is 1. The van der Waals surface area contributed by atoms with Crippen LogP contribution in [0.4, 0.5) is 0 Å². The maximum atomic E-state index is 13.3. The summed E-state index contributed by atoms with van der Waals surface area (Å²) in [5, 5.41) is 0. The molecule has 3 aromatic carbocycles. The molecule has 2 nitrogen and oxygen atoms in total. The SMILES string of the molecule is O=C1c2ccccc2C(=O)c2c(-c3ccccc3)sc(-c3ccccc3)c21. The van der Waals surface area contributed by atoms with Crippen molar-refractivity contribution in [2.45, 2.75) is 0 Å². The molecule has 0 N–H and O–H groups in total. The van der Waals surface area contributed by atoms with Gasteiger partial charge in [-0.05, 0) is 11.1 Å². The summed E-state index contributed by atoms with van der Waals surface area (Å²) in [6.07, 6.45) is 0. The molecule has 0 fully saturated rings. The quantitative estimate of drug-likeness (QED) is 0.392. The van der Waals surface area contributed by atoms with E-state index in [0.717, 1.165) is 20.9 Å². The van der Waals surface area contributed by atoms with E-state index in [-0.39, 0.29) is 11.6 Å². The van der Waals surface area contributed by atoms with Crippen molar-refractivity contribution in [1.29, 1.82) is 0 Å². The summed E-state index contributed by atoms with van der Waals surface area (Å²) < 4.78 is 0. The largest absolute Gasteiger partial charge is 0.289 e. The average Bonchev–Trinajstić information content (AvgIpc) is 3.14. The number of carbonyl (C=O) groups excluding carboxylic acids is 2. The number of rotatable bonds is 2. The molecule has 0 spiro atoms. The first-order chi connectivity index (χ1) is 13.3. The van der Waals surface area contributed by atoms with Gasteiger partial charge in [-0.1, -0.05) is 84.9 Å². The lowest BCUT2D eigenvalue weighted by Crippen LogP contribution is -2.20. The van der Waals surface area contributed by atoms with Crippen molar-refractivity contribution in [1.82, 2.24) is 0 Å². The van der Waals surface area contributed by atoms with Crippen molar-refractivity contribution in [2.24, 2.45) is 0 Å². The van der Waals surface area contributed by atoms with Crippen molar-refractivity contribution in [2.75, 3.05) is 0 Å². The van der Waals surface area contributed by atoms with E-state index < -0.39 is 0 Å². The molecule has 0 saturated heterocycles. The molecule has 0 aliphatic heterocycles. The standard InChI is InChI=1S/C24H14O2S/c25-21-17-13-7-8-14-18(17)22(26)20-19(21)23(15-9-3-1-4-10-15)27-24(20)16-11-5-2-6-12-16/h1-14H. The highest BCUT2D eigenvalue weighted by molar-refractivity contribution is 7.20. The highest BCUT2D eigenvalue weighted by atomic mass is 32.1. The zero-order chi connectivity index (χ0) is 18.4. The lowest BCUT2D eigenvalue weighted by atomic mass is 9.83. The summed E-state index contributed by atoms with van der Waals surface area (Å²) in [4.78, 5) is 28.4. The van der Waals surface area contributed by atoms with Crippen LogP contribution in [0, 0.1) is 0 Å². The third-order valence-corrected chi connectivity index (χ3v) is 6.14. The van der Waals surface area contributed by atoms with E-state index in [9.17, 15) is 9.59 Å². The smallest absolute Gasteiger partial charge is 0.196 e. The topological polar surface area (TPSA) is 34.1 Å². The number of hydrogen-bond acceptors (Lipinski definition) is 3. The molecule has 3 heteroatoms. The van der Waals surface area contributed by atoms with Gasteiger partial charge in [0.25, 0.3) is 0 Å². The maximum Gasteiger partial charge on any atom is 0.196 e. The van der Waals surface area contributed by atoms with Crippen LogP contribution in [-0.4, -0.2) is 11.6 Å². The second-order valence-electron chi connectivity index (χ2n) is 6.45. The van der Waals surface area contributed by atoms with Gasteiger partial charge in [-0.25, -0.2) is 0 Å². The second-order valence-corrected chi connectivity index (χ2v) is 7.47. The minimum atomic E-state index is -0.0718. The average molecular weight is 366 g/mol. The molecular weight excluding hydrogens is 352 g/mol. The third kappa shape index (κ3) is 2.40. The monoisotopic (exact) mass is 366 g/mol. The van der Waals surface area contributed by atoms with E-state index in [1.165, 1.54) is 11.3 Å². The first kappa shape index (κ1) is 15.9. The Morgan fingerprint density at radius 3 is 1.26 bits per heavy atom. The number of ketones is 2. The van der Waals surface area contributed by atoms with E-state index in [1.54, 1.807) is 12.1 Å². The maximum absolute atomic E-state index is 13.3. The summed E-state index contributed by atoms with van der Waals surface area (Å²) in [5.41, 5.74) is 3.97. The van der Waals surface area contributed by atoms with Gasteiger partial charge in [0, 0.05) is 20.9 Å². The third-order valence-electron chi connectivity index (χ3n) is 4.85. The van der Waals surface area contributed by atoms with Crippen LogP contribution in [0.3, 0.4) is 0 Å². The molecule has 0 atom stereocenters. The molecule has 0 saturated carbocycles. The van der Waals surface area contributed by atoms with Gasteiger partial charge in [-0.15, -0.1) is 11.3 Å². The van der Waals surface area contributed by atoms with Crippen LogP contribution in [0.2, 0.25) is 0 Å². The molecule has 0 amide bonds. The Hall–Kier alpha value is -3.30. The first-order valence-electron chi connectivity index (χ1n) is 8.72. The first-order valence-corrected chi connectivity index (χ1v) is 9.53. The lowest BCUT2D eigenvalue weighted by Gasteiger charge is -2.16. The fourth-order valence-electron chi connectivity index (χ4n) is 3.60. The van der Waals surface area contributed by atoms with Crippen LogP contribution in [0.25, 0.3) is 20.9 Å². The van der Waals surface area contributed by atoms with Crippen molar-refractivity contribution in [3.8, 4) is 20.9 Å². The minimum Gasteiger partial charge on any atom is -0.289 e. The van der Waals surface area contributed by atoms with E-state index >= 15 is 0 Å². The number of benzene rings is 3. The molecular formula is C24H14O2S. The van der Waals surface area contributed by atoms with E-state index in [1.807, 2.05) is 72.8 Å². The van der Waals surface area contributed by atoms with Crippen LogP contribution in [0.1, 0.15) is 31.8 Å².